The largest absolute Gasteiger partial charge is 0.487 e. The number of hydrogen-bond acceptors (Lipinski definition) is 4. The number of carbonyl (C=O) groups excluding carboxylic acids is 1. The summed E-state index contributed by atoms with van der Waals surface area (Å²) in [5.74, 6) is 0.173. The zero-order valence-electron chi connectivity index (χ0n) is 14.1. The number of carbonyl (C=O) groups is 1. The maximum atomic E-state index is 14.2. The molecular formula is C19H17FN4O2. The van der Waals surface area contributed by atoms with Gasteiger partial charge in [-0.3, -0.25) is 9.78 Å². The van der Waals surface area contributed by atoms with E-state index in [0.717, 1.165) is 16.8 Å². The van der Waals surface area contributed by atoms with Crippen LogP contribution in [0, 0.1) is 12.7 Å². The van der Waals surface area contributed by atoms with E-state index in [0.29, 0.717) is 17.7 Å². The number of nitrogens with one attached hydrogen (secondary N) is 2. The zero-order valence-corrected chi connectivity index (χ0v) is 14.1. The first-order chi connectivity index (χ1) is 12.6. The van der Waals surface area contributed by atoms with Crippen LogP contribution in [0.15, 0.2) is 42.9 Å². The van der Waals surface area contributed by atoms with Crippen molar-refractivity contribution < 1.29 is 13.9 Å². The van der Waals surface area contributed by atoms with E-state index in [4.69, 9.17) is 4.74 Å². The maximum absolute atomic E-state index is 14.2. The summed E-state index contributed by atoms with van der Waals surface area (Å²) < 4.78 is 20.2. The van der Waals surface area contributed by atoms with Crippen LogP contribution in [0.1, 0.15) is 21.9 Å². The van der Waals surface area contributed by atoms with Crippen LogP contribution in [0.3, 0.4) is 0 Å². The van der Waals surface area contributed by atoms with E-state index in [1.165, 1.54) is 6.07 Å². The Labute approximate surface area is 149 Å². The first-order valence-electron chi connectivity index (χ1n) is 8.30. The Bertz CT molecular complexity index is 955. The van der Waals surface area contributed by atoms with Crippen molar-refractivity contribution in [3.8, 4) is 16.9 Å². The number of fused-ring (bicyclic) bond motifs is 1. The summed E-state index contributed by atoms with van der Waals surface area (Å²) in [5, 5.41) is 2.78. The predicted molar refractivity (Wildman–Crippen MR) is 93.4 cm³/mol. The quantitative estimate of drug-likeness (QED) is 0.756. The van der Waals surface area contributed by atoms with Gasteiger partial charge in [-0.2, -0.15) is 0 Å². The molecule has 26 heavy (non-hydrogen) atoms. The molecule has 3 heterocycles. The Balaban J connectivity index is 1.50. The van der Waals surface area contributed by atoms with Gasteiger partial charge >= 0.3 is 0 Å². The first kappa shape index (κ1) is 16.3. The molecule has 4 rings (SSSR count). The van der Waals surface area contributed by atoms with Crippen molar-refractivity contribution >= 4 is 5.91 Å². The number of rotatable bonds is 4. The van der Waals surface area contributed by atoms with Gasteiger partial charge in [0.05, 0.1) is 6.54 Å². The SMILES string of the molecule is Cc1cnc(C(=O)NCC2Cc3c(F)ccc(-c4ccncc4)c3O2)[nH]1. The standard InChI is InChI=1S/C19H17FN4O2/c1-11-9-22-18(24-11)19(25)23-10-13-8-15-16(20)3-2-14(17(15)26-13)12-4-6-21-7-5-12/h2-7,9,13H,8,10H2,1H3,(H,22,24)(H,23,25). The highest BCUT2D eigenvalue weighted by molar-refractivity contribution is 5.90. The molecule has 6 nitrogen and oxygen atoms in total. The second-order valence-electron chi connectivity index (χ2n) is 6.21. The fourth-order valence-corrected chi connectivity index (χ4v) is 3.06. The average molecular weight is 352 g/mol. The van der Waals surface area contributed by atoms with Gasteiger partial charge in [0.1, 0.15) is 17.7 Å². The van der Waals surface area contributed by atoms with Gasteiger partial charge in [0, 0.05) is 41.8 Å². The number of halogens is 1. The van der Waals surface area contributed by atoms with Crippen LogP contribution in [0.2, 0.25) is 0 Å². The van der Waals surface area contributed by atoms with E-state index >= 15 is 0 Å². The minimum absolute atomic E-state index is 0.252. The van der Waals surface area contributed by atoms with E-state index in [-0.39, 0.29) is 30.2 Å². The highest BCUT2D eigenvalue weighted by Crippen LogP contribution is 2.39. The molecule has 0 fully saturated rings. The van der Waals surface area contributed by atoms with Crippen LogP contribution in [0.5, 0.6) is 5.75 Å². The Hall–Kier alpha value is -3.22. The molecule has 0 bridgehead atoms. The molecule has 132 valence electrons. The molecule has 2 N–H and O–H groups in total. The number of aromatic amines is 1. The number of pyridine rings is 1. The topological polar surface area (TPSA) is 79.9 Å². The second-order valence-corrected chi connectivity index (χ2v) is 6.21. The molecule has 1 atom stereocenters. The average Bonchev–Trinajstić information content (AvgIpc) is 3.28. The Morgan fingerprint density at radius 2 is 2.15 bits per heavy atom. The van der Waals surface area contributed by atoms with Gasteiger partial charge in [0.15, 0.2) is 5.82 Å². The minimum Gasteiger partial charge on any atom is -0.487 e. The monoisotopic (exact) mass is 352 g/mol. The third-order valence-electron chi connectivity index (χ3n) is 4.32. The molecule has 1 aromatic carbocycles. The van der Waals surface area contributed by atoms with E-state index in [2.05, 4.69) is 20.3 Å². The van der Waals surface area contributed by atoms with E-state index in [1.807, 2.05) is 19.1 Å². The van der Waals surface area contributed by atoms with Crippen molar-refractivity contribution in [2.45, 2.75) is 19.4 Å². The van der Waals surface area contributed by atoms with Crippen molar-refractivity contribution in [1.82, 2.24) is 20.3 Å². The van der Waals surface area contributed by atoms with Crippen LogP contribution in [-0.2, 0) is 6.42 Å². The lowest BCUT2D eigenvalue weighted by Crippen LogP contribution is -2.35. The molecule has 0 spiro atoms. The lowest BCUT2D eigenvalue weighted by molar-refractivity contribution is 0.0924. The lowest BCUT2D eigenvalue weighted by atomic mass is 10.0. The molecular weight excluding hydrogens is 335 g/mol. The summed E-state index contributed by atoms with van der Waals surface area (Å²) >= 11 is 0. The minimum atomic E-state index is -0.331. The first-order valence-corrected chi connectivity index (χ1v) is 8.30. The fourth-order valence-electron chi connectivity index (χ4n) is 3.06. The number of H-pyrrole nitrogens is 1. The molecule has 1 aliphatic heterocycles. The molecule has 1 unspecified atom stereocenters. The fraction of sp³-hybridized carbons (Fsp3) is 0.211. The maximum Gasteiger partial charge on any atom is 0.287 e. The summed E-state index contributed by atoms with van der Waals surface area (Å²) in [7, 11) is 0. The molecule has 7 heteroatoms. The summed E-state index contributed by atoms with van der Waals surface area (Å²) in [4.78, 5) is 23.0. The number of hydrogen-bond donors (Lipinski definition) is 2. The van der Waals surface area contributed by atoms with E-state index in [9.17, 15) is 9.18 Å². The number of imidazole rings is 1. The lowest BCUT2D eigenvalue weighted by Gasteiger charge is -2.13. The van der Waals surface area contributed by atoms with Gasteiger partial charge in [-0.1, -0.05) is 0 Å². The highest BCUT2D eigenvalue weighted by Gasteiger charge is 2.29. The molecule has 0 saturated carbocycles. The molecule has 2 aromatic heterocycles. The van der Waals surface area contributed by atoms with Gasteiger partial charge in [-0.15, -0.1) is 0 Å². The van der Waals surface area contributed by atoms with Gasteiger partial charge < -0.3 is 15.0 Å². The van der Waals surface area contributed by atoms with E-state index in [1.54, 1.807) is 24.7 Å². The zero-order chi connectivity index (χ0) is 18.1. The third kappa shape index (κ3) is 3.03. The predicted octanol–water partition coefficient (Wildman–Crippen LogP) is 2.65. The molecule has 3 aromatic rings. The van der Waals surface area contributed by atoms with Crippen molar-refractivity contribution in [2.24, 2.45) is 0 Å². The van der Waals surface area contributed by atoms with Crippen LogP contribution >= 0.6 is 0 Å². The van der Waals surface area contributed by atoms with Crippen LogP contribution in [0.4, 0.5) is 4.39 Å². The van der Waals surface area contributed by atoms with Gasteiger partial charge in [0.2, 0.25) is 0 Å². The van der Waals surface area contributed by atoms with Gasteiger partial charge in [-0.05, 0) is 36.8 Å². The third-order valence-corrected chi connectivity index (χ3v) is 4.32. The smallest absolute Gasteiger partial charge is 0.287 e. The van der Waals surface area contributed by atoms with Crippen molar-refractivity contribution in [3.05, 3.63) is 65.8 Å². The molecule has 0 saturated heterocycles. The Kier molecular flexibility index (Phi) is 4.12. The highest BCUT2D eigenvalue weighted by atomic mass is 19.1. The van der Waals surface area contributed by atoms with Crippen LogP contribution in [0.25, 0.3) is 11.1 Å². The summed E-state index contributed by atoms with van der Waals surface area (Å²) in [6, 6.07) is 6.86. The number of benzene rings is 1. The second kappa shape index (κ2) is 6.59. The van der Waals surface area contributed by atoms with Crippen molar-refractivity contribution in [3.63, 3.8) is 0 Å². The number of amides is 1. The molecule has 0 radical (unpaired) electrons. The van der Waals surface area contributed by atoms with Crippen LogP contribution in [-0.4, -0.2) is 33.5 Å². The Morgan fingerprint density at radius 3 is 2.88 bits per heavy atom. The molecule has 0 aliphatic carbocycles. The summed E-state index contributed by atoms with van der Waals surface area (Å²) in [5.41, 5.74) is 3.07. The number of ether oxygens (including phenoxy) is 1. The summed E-state index contributed by atoms with van der Waals surface area (Å²) in [6.07, 6.45) is 5.03. The number of aromatic nitrogens is 3. The Morgan fingerprint density at radius 1 is 1.35 bits per heavy atom. The number of aryl methyl sites for hydroxylation is 1. The van der Waals surface area contributed by atoms with Crippen molar-refractivity contribution in [1.29, 1.82) is 0 Å². The van der Waals surface area contributed by atoms with Gasteiger partial charge in [-0.25, -0.2) is 9.37 Å². The van der Waals surface area contributed by atoms with Gasteiger partial charge in [0.25, 0.3) is 5.91 Å². The number of nitrogens with zero attached hydrogens (tertiary/aromatic N) is 2. The summed E-state index contributed by atoms with van der Waals surface area (Å²) in [6.45, 7) is 2.09. The normalized spacial score (nSPS) is 15.4. The van der Waals surface area contributed by atoms with E-state index < -0.39 is 0 Å². The molecule has 1 aliphatic rings. The van der Waals surface area contributed by atoms with Crippen molar-refractivity contribution in [2.75, 3.05) is 6.54 Å². The van der Waals surface area contributed by atoms with Crippen LogP contribution < -0.4 is 10.1 Å². The molecule has 1 amide bonds.